The van der Waals surface area contributed by atoms with E-state index in [0.29, 0.717) is 25.1 Å². The number of carbonyl (C=O) groups excluding carboxylic acids is 1. The molecule has 5 heteroatoms. The minimum atomic E-state index is 0.00346. The van der Waals surface area contributed by atoms with E-state index in [4.69, 9.17) is 9.94 Å². The first kappa shape index (κ1) is 15.4. The quantitative estimate of drug-likeness (QED) is 0.687. The third-order valence-electron chi connectivity index (χ3n) is 4.11. The Kier molecular flexibility index (Phi) is 4.83. The first-order valence-electron chi connectivity index (χ1n) is 7.25. The minimum Gasteiger partial charge on any atom is -0.496 e. The second-order valence-electron chi connectivity index (χ2n) is 5.38. The predicted molar refractivity (Wildman–Crippen MR) is 81.3 cm³/mol. The summed E-state index contributed by atoms with van der Waals surface area (Å²) in [5.74, 6) is 0.867. The fourth-order valence-electron chi connectivity index (χ4n) is 2.73. The maximum absolute atomic E-state index is 12.6. The average molecular weight is 290 g/mol. The number of methoxy groups -OCH3 is 1. The lowest BCUT2D eigenvalue weighted by atomic mass is 9.93. The molecule has 1 aromatic rings. The van der Waals surface area contributed by atoms with E-state index in [-0.39, 0.29) is 11.8 Å². The topological polar surface area (TPSA) is 62.1 Å². The van der Waals surface area contributed by atoms with Crippen LogP contribution < -0.4 is 4.74 Å². The van der Waals surface area contributed by atoms with Gasteiger partial charge < -0.3 is 14.8 Å². The Hall–Kier alpha value is -2.04. The normalized spacial score (nSPS) is 20.6. The van der Waals surface area contributed by atoms with E-state index < -0.39 is 0 Å². The summed E-state index contributed by atoms with van der Waals surface area (Å²) >= 11 is 0. The van der Waals surface area contributed by atoms with Gasteiger partial charge in [-0.05, 0) is 31.0 Å². The minimum absolute atomic E-state index is 0.00346. The summed E-state index contributed by atoms with van der Waals surface area (Å²) in [7, 11) is 1.61. The number of likely N-dealkylation sites (tertiary alicyclic amines) is 1. The fraction of sp³-hybridized carbons (Fsp3) is 0.500. The Labute approximate surface area is 125 Å². The SMILES string of the molecule is CCC1CN(C(=O)c2ccc(C)c(OC)c2)CC/C1=N\O. The fourth-order valence-corrected chi connectivity index (χ4v) is 2.73. The van der Waals surface area contributed by atoms with Gasteiger partial charge in [0.15, 0.2) is 0 Å². The Morgan fingerprint density at radius 3 is 2.90 bits per heavy atom. The molecule has 1 heterocycles. The van der Waals surface area contributed by atoms with Gasteiger partial charge in [-0.1, -0.05) is 18.1 Å². The van der Waals surface area contributed by atoms with Crippen LogP contribution >= 0.6 is 0 Å². The number of aryl methyl sites for hydroxylation is 1. The van der Waals surface area contributed by atoms with Crippen LogP contribution in [0.3, 0.4) is 0 Å². The summed E-state index contributed by atoms with van der Waals surface area (Å²) in [4.78, 5) is 14.4. The number of hydrogen-bond acceptors (Lipinski definition) is 4. The third-order valence-corrected chi connectivity index (χ3v) is 4.11. The molecule has 114 valence electrons. The number of carbonyl (C=O) groups is 1. The number of oxime groups is 1. The van der Waals surface area contributed by atoms with Crippen molar-refractivity contribution in [2.45, 2.75) is 26.7 Å². The second-order valence-corrected chi connectivity index (χ2v) is 5.38. The largest absolute Gasteiger partial charge is 0.496 e. The van der Waals surface area contributed by atoms with Gasteiger partial charge in [0.05, 0.1) is 12.8 Å². The molecule has 1 N–H and O–H groups in total. The zero-order valence-electron chi connectivity index (χ0n) is 12.8. The number of piperidine rings is 1. The zero-order valence-corrected chi connectivity index (χ0v) is 12.8. The van der Waals surface area contributed by atoms with Gasteiger partial charge in [0, 0.05) is 31.0 Å². The first-order chi connectivity index (χ1) is 10.1. The van der Waals surface area contributed by atoms with Crippen molar-refractivity contribution in [1.29, 1.82) is 0 Å². The van der Waals surface area contributed by atoms with Crippen molar-refractivity contribution in [3.63, 3.8) is 0 Å². The molecule has 1 unspecified atom stereocenters. The average Bonchev–Trinajstić information content (AvgIpc) is 2.53. The predicted octanol–water partition coefficient (Wildman–Crippen LogP) is 2.71. The van der Waals surface area contributed by atoms with Gasteiger partial charge >= 0.3 is 0 Å². The summed E-state index contributed by atoms with van der Waals surface area (Å²) in [6, 6.07) is 5.51. The first-order valence-corrected chi connectivity index (χ1v) is 7.25. The van der Waals surface area contributed by atoms with Gasteiger partial charge in [-0.25, -0.2) is 0 Å². The van der Waals surface area contributed by atoms with Gasteiger partial charge in [0.1, 0.15) is 5.75 Å². The van der Waals surface area contributed by atoms with Gasteiger partial charge in [-0.2, -0.15) is 0 Å². The maximum atomic E-state index is 12.6. The number of hydrogen-bond donors (Lipinski definition) is 1. The van der Waals surface area contributed by atoms with Crippen molar-refractivity contribution in [3.05, 3.63) is 29.3 Å². The lowest BCUT2D eigenvalue weighted by Gasteiger charge is -2.33. The highest BCUT2D eigenvalue weighted by atomic mass is 16.5. The van der Waals surface area contributed by atoms with Crippen molar-refractivity contribution in [2.75, 3.05) is 20.2 Å². The number of rotatable bonds is 3. The summed E-state index contributed by atoms with van der Waals surface area (Å²) in [5, 5.41) is 12.4. The Morgan fingerprint density at radius 1 is 1.52 bits per heavy atom. The number of nitrogens with zero attached hydrogens (tertiary/aromatic N) is 2. The number of amides is 1. The van der Waals surface area contributed by atoms with E-state index in [1.54, 1.807) is 13.2 Å². The molecule has 1 aromatic carbocycles. The molecule has 0 spiro atoms. The zero-order chi connectivity index (χ0) is 15.4. The van der Waals surface area contributed by atoms with E-state index in [9.17, 15) is 4.79 Å². The van der Waals surface area contributed by atoms with Gasteiger partial charge in [0.2, 0.25) is 0 Å². The molecule has 0 saturated carbocycles. The number of ether oxygens (including phenoxy) is 1. The smallest absolute Gasteiger partial charge is 0.254 e. The molecule has 21 heavy (non-hydrogen) atoms. The van der Waals surface area contributed by atoms with Crippen LogP contribution in [0.25, 0.3) is 0 Å². The van der Waals surface area contributed by atoms with Crippen molar-refractivity contribution >= 4 is 11.6 Å². The molecular formula is C16H22N2O3. The number of benzene rings is 1. The van der Waals surface area contributed by atoms with E-state index in [2.05, 4.69) is 5.16 Å². The Balaban J connectivity index is 2.17. The summed E-state index contributed by atoms with van der Waals surface area (Å²) < 4.78 is 5.28. The lowest BCUT2D eigenvalue weighted by Crippen LogP contribution is -2.44. The molecule has 0 aliphatic carbocycles. The molecule has 1 atom stereocenters. The van der Waals surface area contributed by atoms with Crippen LogP contribution in [0, 0.1) is 12.8 Å². The summed E-state index contributed by atoms with van der Waals surface area (Å²) in [6.45, 7) is 5.18. The van der Waals surface area contributed by atoms with Crippen molar-refractivity contribution in [3.8, 4) is 5.75 Å². The molecule has 1 aliphatic rings. The highest BCUT2D eigenvalue weighted by Crippen LogP contribution is 2.23. The molecule has 1 fully saturated rings. The van der Waals surface area contributed by atoms with Crippen LogP contribution in [-0.4, -0.2) is 41.9 Å². The molecule has 0 aromatic heterocycles. The van der Waals surface area contributed by atoms with Crippen molar-refractivity contribution in [2.24, 2.45) is 11.1 Å². The summed E-state index contributed by atoms with van der Waals surface area (Å²) in [6.07, 6.45) is 1.49. The van der Waals surface area contributed by atoms with Crippen LogP contribution in [0.2, 0.25) is 0 Å². The monoisotopic (exact) mass is 290 g/mol. The van der Waals surface area contributed by atoms with E-state index in [1.165, 1.54) is 0 Å². The van der Waals surface area contributed by atoms with E-state index in [0.717, 1.165) is 23.4 Å². The van der Waals surface area contributed by atoms with Crippen LogP contribution in [-0.2, 0) is 0 Å². The van der Waals surface area contributed by atoms with Crippen LogP contribution in [0.15, 0.2) is 23.4 Å². The lowest BCUT2D eigenvalue weighted by molar-refractivity contribution is 0.0728. The van der Waals surface area contributed by atoms with Crippen molar-refractivity contribution in [1.82, 2.24) is 4.90 Å². The van der Waals surface area contributed by atoms with Gasteiger partial charge in [-0.3, -0.25) is 4.79 Å². The summed E-state index contributed by atoms with van der Waals surface area (Å²) in [5.41, 5.74) is 2.44. The second kappa shape index (κ2) is 6.61. The molecule has 5 nitrogen and oxygen atoms in total. The van der Waals surface area contributed by atoms with Gasteiger partial charge in [-0.15, -0.1) is 0 Å². The Morgan fingerprint density at radius 2 is 2.29 bits per heavy atom. The van der Waals surface area contributed by atoms with E-state index in [1.807, 2.05) is 30.9 Å². The molecular weight excluding hydrogens is 268 g/mol. The van der Waals surface area contributed by atoms with Gasteiger partial charge in [0.25, 0.3) is 5.91 Å². The molecule has 1 amide bonds. The Bertz CT molecular complexity index is 554. The highest BCUT2D eigenvalue weighted by Gasteiger charge is 2.28. The maximum Gasteiger partial charge on any atom is 0.254 e. The highest BCUT2D eigenvalue weighted by molar-refractivity contribution is 5.96. The molecule has 1 saturated heterocycles. The van der Waals surface area contributed by atoms with Crippen LogP contribution in [0.4, 0.5) is 0 Å². The van der Waals surface area contributed by atoms with E-state index >= 15 is 0 Å². The van der Waals surface area contributed by atoms with Crippen LogP contribution in [0.5, 0.6) is 5.75 Å². The van der Waals surface area contributed by atoms with Crippen molar-refractivity contribution < 1.29 is 14.7 Å². The third kappa shape index (κ3) is 3.17. The molecule has 0 bridgehead atoms. The molecule has 1 aliphatic heterocycles. The molecule has 0 radical (unpaired) electrons. The standard InChI is InChI=1S/C16H22N2O3/c1-4-12-10-18(8-7-14(12)17-20)16(19)13-6-5-11(2)15(9-13)21-3/h5-6,9,12,20H,4,7-8,10H2,1-3H3/b17-14+. The van der Waals surface area contributed by atoms with Crippen LogP contribution in [0.1, 0.15) is 35.7 Å². The molecule has 2 rings (SSSR count).